The molecule has 1 atom stereocenters. The van der Waals surface area contributed by atoms with Crippen LogP contribution in [0, 0.1) is 6.92 Å². The summed E-state index contributed by atoms with van der Waals surface area (Å²) in [5.41, 5.74) is 8.39. The molecule has 4 heteroatoms. The second kappa shape index (κ2) is 11.9. The Balaban J connectivity index is 1.47. The van der Waals surface area contributed by atoms with E-state index in [1.807, 2.05) is 18.2 Å². The lowest BCUT2D eigenvalue weighted by molar-refractivity contribution is -0.121. The largest absolute Gasteiger partial charge is 0.356 e. The predicted octanol–water partition coefficient (Wildman–Crippen LogP) is 7.57. The molecule has 0 aliphatic carbocycles. The second-order valence-electron chi connectivity index (χ2n) is 11.8. The number of nitrogens with one attached hydrogen (secondary N) is 1. The van der Waals surface area contributed by atoms with E-state index in [1.54, 1.807) is 6.20 Å². The second-order valence-corrected chi connectivity index (χ2v) is 11.8. The van der Waals surface area contributed by atoms with Crippen LogP contribution in [0.5, 0.6) is 0 Å². The van der Waals surface area contributed by atoms with E-state index in [1.165, 1.54) is 33.2 Å². The number of rotatable bonds is 9. The minimum absolute atomic E-state index is 0.0520. The number of aryl methyl sites for hydroxylation is 1. The summed E-state index contributed by atoms with van der Waals surface area (Å²) in [6, 6.07) is 32.0. The minimum Gasteiger partial charge on any atom is -0.356 e. The molecular weight excluding hydrogens is 490 g/mol. The maximum absolute atomic E-state index is 13.3. The summed E-state index contributed by atoms with van der Waals surface area (Å²) >= 11 is 0. The summed E-state index contributed by atoms with van der Waals surface area (Å²) in [4.78, 5) is 17.7. The van der Waals surface area contributed by atoms with Crippen LogP contribution in [0.3, 0.4) is 0 Å². The molecule has 5 rings (SSSR count). The lowest BCUT2D eigenvalue weighted by Crippen LogP contribution is -2.27. The highest BCUT2D eigenvalue weighted by atomic mass is 16.1. The highest BCUT2D eigenvalue weighted by Crippen LogP contribution is 2.36. The van der Waals surface area contributed by atoms with Crippen LogP contribution in [0.25, 0.3) is 10.9 Å². The van der Waals surface area contributed by atoms with E-state index in [2.05, 4.69) is 122 Å². The van der Waals surface area contributed by atoms with E-state index in [4.69, 9.17) is 0 Å². The van der Waals surface area contributed by atoms with E-state index in [-0.39, 0.29) is 17.2 Å². The minimum atomic E-state index is -0.0620. The SMILES string of the molecule is Cc1ccc(Cn2cc(C(CC(=O)NCCc3ccccn3)c3ccc(C(C)(C)C)cc3)c3ccccc32)cc1. The van der Waals surface area contributed by atoms with Gasteiger partial charge in [0.15, 0.2) is 0 Å². The fourth-order valence-corrected chi connectivity index (χ4v) is 5.33. The van der Waals surface area contributed by atoms with Crippen LogP contribution >= 0.6 is 0 Å². The third kappa shape index (κ3) is 6.51. The molecule has 1 unspecified atom stereocenters. The Kier molecular flexibility index (Phi) is 8.16. The number of amides is 1. The number of benzene rings is 3. The Labute approximate surface area is 238 Å². The van der Waals surface area contributed by atoms with Gasteiger partial charge in [0.25, 0.3) is 0 Å². The molecule has 1 amide bonds. The molecule has 204 valence electrons. The maximum atomic E-state index is 13.3. The topological polar surface area (TPSA) is 46.9 Å². The molecule has 0 bridgehead atoms. The first kappa shape index (κ1) is 27.4. The number of hydrogen-bond acceptors (Lipinski definition) is 2. The van der Waals surface area contributed by atoms with Gasteiger partial charge in [-0.25, -0.2) is 0 Å². The molecule has 2 aromatic heterocycles. The highest BCUT2D eigenvalue weighted by molar-refractivity contribution is 5.86. The van der Waals surface area contributed by atoms with Gasteiger partial charge in [-0.2, -0.15) is 0 Å². The molecule has 0 radical (unpaired) electrons. The zero-order valence-electron chi connectivity index (χ0n) is 24.0. The average molecular weight is 530 g/mol. The molecule has 2 heterocycles. The molecule has 0 saturated heterocycles. The van der Waals surface area contributed by atoms with Crippen LogP contribution in [-0.4, -0.2) is 22.0 Å². The quantitative estimate of drug-likeness (QED) is 0.214. The predicted molar refractivity (Wildman–Crippen MR) is 165 cm³/mol. The van der Waals surface area contributed by atoms with Crippen molar-refractivity contribution in [2.45, 2.75) is 58.4 Å². The number of hydrogen-bond donors (Lipinski definition) is 1. The van der Waals surface area contributed by atoms with E-state index < -0.39 is 0 Å². The standard InChI is InChI=1S/C36H39N3O/c1-26-12-14-27(15-13-26)24-39-25-33(31-10-5-6-11-34(31)39)32(28-16-18-29(19-17-28)36(2,3)4)23-35(40)38-22-20-30-9-7-8-21-37-30/h5-19,21,25,32H,20,22-24H2,1-4H3,(H,38,40). The van der Waals surface area contributed by atoms with Crippen molar-refractivity contribution in [2.75, 3.05) is 6.54 Å². The lowest BCUT2D eigenvalue weighted by atomic mass is 9.83. The highest BCUT2D eigenvalue weighted by Gasteiger charge is 2.24. The zero-order chi connectivity index (χ0) is 28.1. The first-order chi connectivity index (χ1) is 19.3. The van der Waals surface area contributed by atoms with Crippen molar-refractivity contribution in [1.29, 1.82) is 0 Å². The van der Waals surface area contributed by atoms with E-state index in [9.17, 15) is 4.79 Å². The molecule has 3 aromatic carbocycles. The molecule has 0 aliphatic rings. The van der Waals surface area contributed by atoms with Crippen molar-refractivity contribution in [3.05, 3.63) is 137 Å². The van der Waals surface area contributed by atoms with Gasteiger partial charge in [-0.1, -0.05) is 99.1 Å². The number of pyridine rings is 1. The number of nitrogens with zero attached hydrogens (tertiary/aromatic N) is 2. The Morgan fingerprint density at radius 3 is 2.33 bits per heavy atom. The monoisotopic (exact) mass is 529 g/mol. The summed E-state index contributed by atoms with van der Waals surface area (Å²) in [6.07, 6.45) is 5.15. The van der Waals surface area contributed by atoms with Crippen LogP contribution in [0.4, 0.5) is 0 Å². The van der Waals surface area contributed by atoms with E-state index in [0.29, 0.717) is 19.4 Å². The average Bonchev–Trinajstić information content (AvgIpc) is 3.31. The molecule has 0 spiro atoms. The molecule has 1 N–H and O–H groups in total. The molecule has 0 saturated carbocycles. The van der Waals surface area contributed by atoms with Crippen molar-refractivity contribution < 1.29 is 4.79 Å². The van der Waals surface area contributed by atoms with Crippen LogP contribution < -0.4 is 5.32 Å². The fourth-order valence-electron chi connectivity index (χ4n) is 5.33. The van der Waals surface area contributed by atoms with Crippen molar-refractivity contribution in [3.63, 3.8) is 0 Å². The van der Waals surface area contributed by atoms with Crippen LogP contribution in [-0.2, 0) is 23.2 Å². The first-order valence-electron chi connectivity index (χ1n) is 14.2. The van der Waals surface area contributed by atoms with Gasteiger partial charge in [0.2, 0.25) is 5.91 Å². The van der Waals surface area contributed by atoms with Gasteiger partial charge in [-0.3, -0.25) is 9.78 Å². The molecule has 0 aliphatic heterocycles. The number of fused-ring (bicyclic) bond motifs is 1. The van der Waals surface area contributed by atoms with Gasteiger partial charge in [0.1, 0.15) is 0 Å². The Morgan fingerprint density at radius 1 is 0.900 bits per heavy atom. The smallest absolute Gasteiger partial charge is 0.220 e. The first-order valence-corrected chi connectivity index (χ1v) is 14.2. The molecule has 0 fully saturated rings. The van der Waals surface area contributed by atoms with Gasteiger partial charge in [-0.15, -0.1) is 0 Å². The van der Waals surface area contributed by atoms with Gasteiger partial charge in [0.05, 0.1) is 0 Å². The molecule has 5 aromatic rings. The zero-order valence-corrected chi connectivity index (χ0v) is 24.0. The van der Waals surface area contributed by atoms with Crippen molar-refractivity contribution in [1.82, 2.24) is 14.9 Å². The summed E-state index contributed by atoms with van der Waals surface area (Å²) in [5, 5.41) is 4.35. The third-order valence-electron chi connectivity index (χ3n) is 7.67. The number of carbonyl (C=O) groups is 1. The van der Waals surface area contributed by atoms with Crippen LogP contribution in [0.2, 0.25) is 0 Å². The van der Waals surface area contributed by atoms with Gasteiger partial charge < -0.3 is 9.88 Å². The van der Waals surface area contributed by atoms with Gasteiger partial charge in [0, 0.05) is 60.8 Å². The number of para-hydroxylation sites is 1. The molecule has 40 heavy (non-hydrogen) atoms. The van der Waals surface area contributed by atoms with Crippen LogP contribution in [0.15, 0.2) is 103 Å². The number of carbonyl (C=O) groups excluding carboxylic acids is 1. The Bertz CT molecular complexity index is 1560. The fraction of sp³-hybridized carbons (Fsp3) is 0.278. The normalized spacial score (nSPS) is 12.4. The van der Waals surface area contributed by atoms with Crippen molar-refractivity contribution >= 4 is 16.8 Å². The van der Waals surface area contributed by atoms with Gasteiger partial charge in [-0.05, 0) is 52.8 Å². The molecule has 4 nitrogen and oxygen atoms in total. The summed E-state index contributed by atoms with van der Waals surface area (Å²) < 4.78 is 2.32. The third-order valence-corrected chi connectivity index (χ3v) is 7.67. The lowest BCUT2D eigenvalue weighted by Gasteiger charge is -2.22. The number of aromatic nitrogens is 2. The molecular formula is C36H39N3O. The maximum Gasteiger partial charge on any atom is 0.220 e. The Morgan fingerprint density at radius 2 is 1.62 bits per heavy atom. The van der Waals surface area contributed by atoms with E-state index >= 15 is 0 Å². The summed E-state index contributed by atoms with van der Waals surface area (Å²) in [6.45, 7) is 10.2. The van der Waals surface area contributed by atoms with Crippen molar-refractivity contribution in [3.8, 4) is 0 Å². The van der Waals surface area contributed by atoms with Gasteiger partial charge >= 0.3 is 0 Å². The summed E-state index contributed by atoms with van der Waals surface area (Å²) in [7, 11) is 0. The Hall–Kier alpha value is -4.18. The van der Waals surface area contributed by atoms with Crippen molar-refractivity contribution in [2.24, 2.45) is 0 Å². The van der Waals surface area contributed by atoms with E-state index in [0.717, 1.165) is 17.8 Å². The summed E-state index contributed by atoms with van der Waals surface area (Å²) in [5.74, 6) is -0.00997. The van der Waals surface area contributed by atoms with Crippen LogP contribution in [0.1, 0.15) is 66.6 Å².